The van der Waals surface area contributed by atoms with E-state index < -0.39 is 0 Å². The normalized spacial score (nSPS) is 11.2. The average molecular weight is 480 g/mol. The van der Waals surface area contributed by atoms with Gasteiger partial charge in [0.05, 0.1) is 27.2 Å². The van der Waals surface area contributed by atoms with Crippen molar-refractivity contribution in [2.24, 2.45) is 0 Å². The number of carbonyl (C=O) groups is 2. The average Bonchev–Trinajstić information content (AvgIpc) is 3.23. The predicted molar refractivity (Wildman–Crippen MR) is 136 cm³/mol. The summed E-state index contributed by atoms with van der Waals surface area (Å²) in [5.74, 6) is 0.264. The quantitative estimate of drug-likeness (QED) is 0.218. The second-order valence-corrected chi connectivity index (χ2v) is 8.20. The van der Waals surface area contributed by atoms with Crippen LogP contribution < -0.4 is 4.74 Å². The number of aryl methyl sites for hydroxylation is 1. The Morgan fingerprint density at radius 2 is 1.71 bits per heavy atom. The maximum absolute atomic E-state index is 12.1. The highest BCUT2D eigenvalue weighted by Crippen LogP contribution is 2.28. The van der Waals surface area contributed by atoms with Gasteiger partial charge in [-0.15, -0.1) is 0 Å². The minimum atomic E-state index is -0.299. The van der Waals surface area contributed by atoms with Crippen molar-refractivity contribution in [1.29, 1.82) is 0 Å². The van der Waals surface area contributed by atoms with Gasteiger partial charge in [-0.25, -0.2) is 0 Å². The van der Waals surface area contributed by atoms with Crippen molar-refractivity contribution in [2.75, 3.05) is 27.4 Å². The Labute approximate surface area is 205 Å². The van der Waals surface area contributed by atoms with Crippen LogP contribution in [-0.4, -0.2) is 49.0 Å². The highest BCUT2D eigenvalue weighted by molar-refractivity contribution is 5.96. The van der Waals surface area contributed by atoms with Crippen molar-refractivity contribution in [2.45, 2.75) is 38.6 Å². The number of fused-ring (bicyclic) bond motifs is 1. The first-order valence-electron chi connectivity index (χ1n) is 11.8. The van der Waals surface area contributed by atoms with E-state index in [2.05, 4.69) is 4.57 Å². The lowest BCUT2D eigenvalue weighted by Gasteiger charge is -2.06. The summed E-state index contributed by atoms with van der Waals surface area (Å²) < 4.78 is 17.4. The van der Waals surface area contributed by atoms with Crippen LogP contribution in [0.4, 0.5) is 0 Å². The number of carbonyl (C=O) groups excluding carboxylic acids is 2. The second kappa shape index (κ2) is 13.3. The topological polar surface area (TPSA) is 87.0 Å². The Morgan fingerprint density at radius 1 is 0.943 bits per heavy atom. The third-order valence-corrected chi connectivity index (χ3v) is 5.74. The van der Waals surface area contributed by atoms with Crippen molar-refractivity contribution in [1.82, 2.24) is 4.57 Å². The van der Waals surface area contributed by atoms with Crippen LogP contribution in [-0.2, 0) is 32.0 Å². The summed E-state index contributed by atoms with van der Waals surface area (Å²) in [5, 5.41) is 9.85. The van der Waals surface area contributed by atoms with Gasteiger partial charge in [-0.05, 0) is 54.2 Å². The summed E-state index contributed by atoms with van der Waals surface area (Å²) in [6.45, 7) is 1.40. The Balaban J connectivity index is 1.82. The summed E-state index contributed by atoms with van der Waals surface area (Å²) in [4.78, 5) is 23.6. The standard InChI is InChI=1S/C28H33NO6/c1-33-26(31)9-6-16-29-20-23(19-27(32)34-2)28-22(7-5-8-25(28)29)13-10-21-11-14-24(15-12-21)35-18-4-3-17-30/h5,7-8,10-15,20,30H,3-4,6,9,16-19H2,1-2H3. The highest BCUT2D eigenvalue weighted by atomic mass is 16.5. The zero-order valence-electron chi connectivity index (χ0n) is 20.4. The lowest BCUT2D eigenvalue weighted by Crippen LogP contribution is -2.05. The zero-order chi connectivity index (χ0) is 25.0. The predicted octanol–water partition coefficient (Wildman–Crippen LogP) is 4.63. The summed E-state index contributed by atoms with van der Waals surface area (Å²) in [5.41, 5.74) is 3.91. The number of unbranched alkanes of at least 4 members (excludes halogenated alkanes) is 1. The van der Waals surface area contributed by atoms with Gasteiger partial charge in [-0.3, -0.25) is 9.59 Å². The van der Waals surface area contributed by atoms with E-state index in [1.54, 1.807) is 0 Å². The molecule has 0 aliphatic heterocycles. The van der Waals surface area contributed by atoms with Crippen molar-refractivity contribution < 1.29 is 28.9 Å². The number of esters is 2. The molecule has 1 N–H and O–H groups in total. The first kappa shape index (κ1) is 26.0. The zero-order valence-corrected chi connectivity index (χ0v) is 20.4. The molecule has 35 heavy (non-hydrogen) atoms. The molecule has 1 heterocycles. The van der Waals surface area contributed by atoms with Crippen LogP contribution in [0.15, 0.2) is 48.7 Å². The molecule has 0 fully saturated rings. The van der Waals surface area contributed by atoms with Gasteiger partial charge < -0.3 is 23.9 Å². The number of hydrogen-bond acceptors (Lipinski definition) is 6. The van der Waals surface area contributed by atoms with Gasteiger partial charge in [0.25, 0.3) is 0 Å². The molecule has 0 atom stereocenters. The van der Waals surface area contributed by atoms with E-state index in [0.29, 0.717) is 26.0 Å². The summed E-state index contributed by atoms with van der Waals surface area (Å²) >= 11 is 0. The molecular formula is C28H33NO6. The molecule has 186 valence electrons. The summed E-state index contributed by atoms with van der Waals surface area (Å²) in [7, 11) is 2.78. The number of nitrogens with zero attached hydrogens (tertiary/aromatic N) is 1. The lowest BCUT2D eigenvalue weighted by molar-refractivity contribution is -0.141. The van der Waals surface area contributed by atoms with Gasteiger partial charge in [0.15, 0.2) is 0 Å². The molecule has 0 spiro atoms. The molecule has 0 bridgehead atoms. The van der Waals surface area contributed by atoms with Gasteiger partial charge >= 0.3 is 11.9 Å². The third kappa shape index (κ3) is 7.45. The van der Waals surface area contributed by atoms with Gasteiger partial charge in [-0.1, -0.05) is 36.4 Å². The van der Waals surface area contributed by atoms with Crippen LogP contribution in [0.3, 0.4) is 0 Å². The van der Waals surface area contributed by atoms with E-state index in [1.807, 2.05) is 60.8 Å². The molecule has 3 rings (SSSR count). The van der Waals surface area contributed by atoms with Gasteiger partial charge in [-0.2, -0.15) is 0 Å². The molecule has 0 saturated carbocycles. The van der Waals surface area contributed by atoms with Crippen LogP contribution in [0, 0.1) is 0 Å². The number of aromatic nitrogens is 1. The SMILES string of the molecule is COC(=O)CCCn1cc(CC(=O)OC)c2c(C=Cc3ccc(OCCCCO)cc3)cccc21. The van der Waals surface area contributed by atoms with Gasteiger partial charge in [0.1, 0.15) is 5.75 Å². The molecule has 0 saturated heterocycles. The fourth-order valence-electron chi connectivity index (χ4n) is 3.92. The smallest absolute Gasteiger partial charge is 0.310 e. The fraction of sp³-hybridized carbons (Fsp3) is 0.357. The largest absolute Gasteiger partial charge is 0.494 e. The second-order valence-electron chi connectivity index (χ2n) is 8.20. The Bertz CT molecular complexity index is 1150. The maximum atomic E-state index is 12.1. The van der Waals surface area contributed by atoms with Crippen molar-refractivity contribution in [3.63, 3.8) is 0 Å². The van der Waals surface area contributed by atoms with Crippen LogP contribution in [0.2, 0.25) is 0 Å². The lowest BCUT2D eigenvalue weighted by atomic mass is 10.0. The molecule has 1 aromatic heterocycles. The van der Waals surface area contributed by atoms with Crippen LogP contribution >= 0.6 is 0 Å². The third-order valence-electron chi connectivity index (χ3n) is 5.74. The molecule has 0 unspecified atom stereocenters. The van der Waals surface area contributed by atoms with Gasteiger partial charge in [0, 0.05) is 36.7 Å². The van der Waals surface area contributed by atoms with E-state index in [4.69, 9.17) is 19.3 Å². The molecular weight excluding hydrogens is 446 g/mol. The minimum Gasteiger partial charge on any atom is -0.494 e. The van der Waals surface area contributed by atoms with E-state index in [-0.39, 0.29) is 25.0 Å². The molecule has 0 aliphatic rings. The number of aliphatic hydroxyl groups is 1. The first-order chi connectivity index (χ1) is 17.0. The Hall–Kier alpha value is -3.58. The number of hydrogen-bond donors (Lipinski definition) is 1. The number of methoxy groups -OCH3 is 2. The summed E-state index contributed by atoms with van der Waals surface area (Å²) in [6, 6.07) is 13.9. The number of benzene rings is 2. The molecule has 0 aliphatic carbocycles. The van der Waals surface area contributed by atoms with Crippen molar-refractivity contribution >= 4 is 35.0 Å². The van der Waals surface area contributed by atoms with E-state index in [0.717, 1.165) is 46.2 Å². The van der Waals surface area contributed by atoms with Crippen molar-refractivity contribution in [3.8, 4) is 5.75 Å². The van der Waals surface area contributed by atoms with Crippen LogP contribution in [0.1, 0.15) is 42.4 Å². The Morgan fingerprint density at radius 3 is 2.43 bits per heavy atom. The molecule has 2 aromatic carbocycles. The van der Waals surface area contributed by atoms with E-state index >= 15 is 0 Å². The van der Waals surface area contributed by atoms with E-state index in [1.165, 1.54) is 14.2 Å². The molecule has 3 aromatic rings. The molecule has 7 heteroatoms. The maximum Gasteiger partial charge on any atom is 0.310 e. The van der Waals surface area contributed by atoms with Crippen molar-refractivity contribution in [3.05, 3.63) is 65.4 Å². The number of ether oxygens (including phenoxy) is 3. The van der Waals surface area contributed by atoms with E-state index in [9.17, 15) is 9.59 Å². The molecule has 7 nitrogen and oxygen atoms in total. The Kier molecular flexibility index (Phi) is 9.93. The van der Waals surface area contributed by atoms with Crippen LogP contribution in [0.25, 0.3) is 23.1 Å². The summed E-state index contributed by atoms with van der Waals surface area (Å²) in [6.07, 6.45) is 8.74. The van der Waals surface area contributed by atoms with Gasteiger partial charge in [0.2, 0.25) is 0 Å². The molecule has 0 radical (unpaired) electrons. The number of aliphatic hydroxyl groups excluding tert-OH is 1. The monoisotopic (exact) mass is 479 g/mol. The highest BCUT2D eigenvalue weighted by Gasteiger charge is 2.15. The molecule has 0 amide bonds. The first-order valence-corrected chi connectivity index (χ1v) is 11.8. The number of rotatable bonds is 13. The van der Waals surface area contributed by atoms with Crippen LogP contribution in [0.5, 0.6) is 5.75 Å². The fourth-order valence-corrected chi connectivity index (χ4v) is 3.92. The minimum absolute atomic E-state index is 0.171.